The van der Waals surface area contributed by atoms with Crippen molar-refractivity contribution in [3.05, 3.63) is 59.7 Å². The molecular weight excluding hydrogens is 329 g/mol. The van der Waals surface area contributed by atoms with Crippen LogP contribution in [0.25, 0.3) is 0 Å². The molecule has 0 aliphatic heterocycles. The average Bonchev–Trinajstić information content (AvgIpc) is 2.52. The molecule has 0 unspecified atom stereocenters. The SMILES string of the molecule is CC(C)(C)c1ccc(NC(=O)CNc2ccccc2C(F)(F)F)cc1. The highest BCUT2D eigenvalue weighted by Gasteiger charge is 2.33. The summed E-state index contributed by atoms with van der Waals surface area (Å²) >= 11 is 0. The van der Waals surface area contributed by atoms with Crippen LogP contribution >= 0.6 is 0 Å². The molecule has 25 heavy (non-hydrogen) atoms. The van der Waals surface area contributed by atoms with Crippen LogP contribution < -0.4 is 10.6 Å². The number of carbonyl (C=O) groups is 1. The molecule has 0 heterocycles. The number of halogens is 3. The first-order chi connectivity index (χ1) is 11.6. The van der Waals surface area contributed by atoms with Gasteiger partial charge in [-0.3, -0.25) is 4.79 Å². The van der Waals surface area contributed by atoms with E-state index in [2.05, 4.69) is 31.4 Å². The quantitative estimate of drug-likeness (QED) is 0.810. The molecule has 0 fully saturated rings. The molecule has 0 saturated carbocycles. The van der Waals surface area contributed by atoms with Crippen molar-refractivity contribution in [2.45, 2.75) is 32.4 Å². The van der Waals surface area contributed by atoms with E-state index in [-0.39, 0.29) is 17.6 Å². The lowest BCUT2D eigenvalue weighted by molar-refractivity contribution is -0.137. The molecule has 0 spiro atoms. The second kappa shape index (κ2) is 7.17. The van der Waals surface area contributed by atoms with Gasteiger partial charge in [0.15, 0.2) is 0 Å². The first-order valence-corrected chi connectivity index (χ1v) is 7.88. The first kappa shape index (κ1) is 18.8. The van der Waals surface area contributed by atoms with Gasteiger partial charge in [0.05, 0.1) is 12.1 Å². The molecule has 2 aromatic rings. The van der Waals surface area contributed by atoms with Crippen LogP contribution in [-0.4, -0.2) is 12.5 Å². The zero-order chi connectivity index (χ0) is 18.7. The lowest BCUT2D eigenvalue weighted by Crippen LogP contribution is -2.23. The summed E-state index contributed by atoms with van der Waals surface area (Å²) in [6.45, 7) is 6.00. The monoisotopic (exact) mass is 350 g/mol. The number of amides is 1. The zero-order valence-corrected chi connectivity index (χ0v) is 14.4. The molecule has 0 saturated heterocycles. The minimum Gasteiger partial charge on any atom is -0.376 e. The predicted octanol–water partition coefficient (Wildman–Crippen LogP) is 5.05. The number of alkyl halides is 3. The van der Waals surface area contributed by atoms with Crippen LogP contribution in [0, 0.1) is 0 Å². The Hall–Kier alpha value is -2.50. The number of nitrogens with one attached hydrogen (secondary N) is 2. The van der Waals surface area contributed by atoms with Gasteiger partial charge in [0.1, 0.15) is 0 Å². The first-order valence-electron chi connectivity index (χ1n) is 7.88. The van der Waals surface area contributed by atoms with Gasteiger partial charge in [0.25, 0.3) is 0 Å². The van der Waals surface area contributed by atoms with E-state index in [0.717, 1.165) is 11.6 Å². The Morgan fingerprint density at radius 2 is 1.56 bits per heavy atom. The van der Waals surface area contributed by atoms with Gasteiger partial charge in [-0.15, -0.1) is 0 Å². The Labute approximate surface area is 145 Å². The fraction of sp³-hybridized carbons (Fsp3) is 0.316. The Balaban J connectivity index is 1.98. The highest BCUT2D eigenvalue weighted by atomic mass is 19.4. The summed E-state index contributed by atoms with van der Waals surface area (Å²) in [5.74, 6) is -0.416. The standard InChI is InChI=1S/C19H21F3N2O/c1-18(2,3)13-8-10-14(11-9-13)24-17(25)12-23-16-7-5-4-6-15(16)19(20,21)22/h4-11,23H,12H2,1-3H3,(H,24,25). The molecule has 0 aliphatic carbocycles. The molecule has 1 amide bonds. The maximum atomic E-state index is 12.9. The van der Waals surface area contributed by atoms with Gasteiger partial charge in [-0.2, -0.15) is 13.2 Å². The van der Waals surface area contributed by atoms with E-state index in [4.69, 9.17) is 0 Å². The van der Waals surface area contributed by atoms with Gasteiger partial charge in [0, 0.05) is 11.4 Å². The second-order valence-electron chi connectivity index (χ2n) is 6.77. The molecule has 0 radical (unpaired) electrons. The van der Waals surface area contributed by atoms with Crippen molar-refractivity contribution >= 4 is 17.3 Å². The molecule has 0 aromatic heterocycles. The highest BCUT2D eigenvalue weighted by molar-refractivity contribution is 5.93. The number of hydrogen-bond donors (Lipinski definition) is 2. The summed E-state index contributed by atoms with van der Waals surface area (Å²) in [4.78, 5) is 12.0. The largest absolute Gasteiger partial charge is 0.418 e. The van der Waals surface area contributed by atoms with Crippen molar-refractivity contribution in [1.82, 2.24) is 0 Å². The Morgan fingerprint density at radius 3 is 2.12 bits per heavy atom. The molecule has 134 valence electrons. The number of para-hydroxylation sites is 1. The van der Waals surface area contributed by atoms with Crippen LogP contribution in [0.15, 0.2) is 48.5 Å². The van der Waals surface area contributed by atoms with Crippen molar-refractivity contribution < 1.29 is 18.0 Å². The van der Waals surface area contributed by atoms with E-state index in [9.17, 15) is 18.0 Å². The Kier molecular flexibility index (Phi) is 5.40. The van der Waals surface area contributed by atoms with E-state index in [1.54, 1.807) is 12.1 Å². The number of hydrogen-bond acceptors (Lipinski definition) is 2. The highest BCUT2D eigenvalue weighted by Crippen LogP contribution is 2.34. The van der Waals surface area contributed by atoms with Gasteiger partial charge in [-0.05, 0) is 35.2 Å². The van der Waals surface area contributed by atoms with Crippen LogP contribution in [0.2, 0.25) is 0 Å². The molecule has 2 aromatic carbocycles. The molecule has 6 heteroatoms. The number of anilines is 2. The minimum atomic E-state index is -4.47. The summed E-state index contributed by atoms with van der Waals surface area (Å²) < 4.78 is 38.7. The Bertz CT molecular complexity index is 732. The average molecular weight is 350 g/mol. The smallest absolute Gasteiger partial charge is 0.376 e. The van der Waals surface area contributed by atoms with E-state index in [1.165, 1.54) is 18.2 Å². The summed E-state index contributed by atoms with van der Waals surface area (Å²) in [5.41, 5.74) is 0.822. The van der Waals surface area contributed by atoms with Crippen LogP contribution in [0.1, 0.15) is 31.9 Å². The van der Waals surface area contributed by atoms with Crippen LogP contribution in [-0.2, 0) is 16.4 Å². The minimum absolute atomic E-state index is 0.00536. The molecule has 0 aliphatic rings. The van der Waals surface area contributed by atoms with Crippen molar-refractivity contribution in [1.29, 1.82) is 0 Å². The number of benzene rings is 2. The van der Waals surface area contributed by atoms with Crippen molar-refractivity contribution in [2.75, 3.05) is 17.2 Å². The van der Waals surface area contributed by atoms with Crippen molar-refractivity contribution in [2.24, 2.45) is 0 Å². The predicted molar refractivity (Wildman–Crippen MR) is 93.7 cm³/mol. The fourth-order valence-electron chi connectivity index (χ4n) is 2.32. The number of rotatable bonds is 4. The van der Waals surface area contributed by atoms with Gasteiger partial charge < -0.3 is 10.6 Å². The van der Waals surface area contributed by atoms with Crippen molar-refractivity contribution in [3.63, 3.8) is 0 Å². The van der Waals surface area contributed by atoms with Gasteiger partial charge >= 0.3 is 6.18 Å². The van der Waals surface area contributed by atoms with Gasteiger partial charge in [0.2, 0.25) is 5.91 Å². The molecule has 3 nitrogen and oxygen atoms in total. The van der Waals surface area contributed by atoms with Crippen LogP contribution in [0.4, 0.5) is 24.5 Å². The van der Waals surface area contributed by atoms with E-state index in [1.807, 2.05) is 12.1 Å². The van der Waals surface area contributed by atoms with Crippen LogP contribution in [0.5, 0.6) is 0 Å². The zero-order valence-electron chi connectivity index (χ0n) is 14.4. The summed E-state index contributed by atoms with van der Waals surface area (Å²) in [6.07, 6.45) is -4.47. The third-order valence-corrected chi connectivity index (χ3v) is 3.71. The normalized spacial score (nSPS) is 11.9. The van der Waals surface area contributed by atoms with E-state index >= 15 is 0 Å². The maximum absolute atomic E-state index is 12.9. The molecule has 2 rings (SSSR count). The molecular formula is C19H21F3N2O. The Morgan fingerprint density at radius 1 is 0.960 bits per heavy atom. The van der Waals surface area contributed by atoms with Gasteiger partial charge in [-0.1, -0.05) is 45.0 Å². The fourth-order valence-corrected chi connectivity index (χ4v) is 2.32. The summed E-state index contributed by atoms with van der Waals surface area (Å²) in [7, 11) is 0. The summed E-state index contributed by atoms with van der Waals surface area (Å²) in [6, 6.07) is 12.5. The summed E-state index contributed by atoms with van der Waals surface area (Å²) in [5, 5.41) is 5.21. The van der Waals surface area contributed by atoms with E-state index in [0.29, 0.717) is 5.69 Å². The van der Waals surface area contributed by atoms with Crippen LogP contribution in [0.3, 0.4) is 0 Å². The molecule has 2 N–H and O–H groups in total. The molecule has 0 bridgehead atoms. The molecule has 0 atom stereocenters. The topological polar surface area (TPSA) is 41.1 Å². The number of carbonyl (C=O) groups excluding carboxylic acids is 1. The third-order valence-electron chi connectivity index (χ3n) is 3.71. The van der Waals surface area contributed by atoms with E-state index < -0.39 is 17.6 Å². The third kappa shape index (κ3) is 5.24. The lowest BCUT2D eigenvalue weighted by Gasteiger charge is -2.19. The second-order valence-corrected chi connectivity index (χ2v) is 6.77. The van der Waals surface area contributed by atoms with Crippen molar-refractivity contribution in [3.8, 4) is 0 Å². The maximum Gasteiger partial charge on any atom is 0.418 e. The lowest BCUT2D eigenvalue weighted by atomic mass is 9.87. The van der Waals surface area contributed by atoms with Gasteiger partial charge in [-0.25, -0.2) is 0 Å².